The van der Waals surface area contributed by atoms with Crippen molar-refractivity contribution in [2.24, 2.45) is 0 Å². The Hall–Kier alpha value is -1.18. The summed E-state index contributed by atoms with van der Waals surface area (Å²) >= 11 is 12.0. The Morgan fingerprint density at radius 1 is 1.06 bits per heavy atom. The van der Waals surface area contributed by atoms with Gasteiger partial charge in [-0.1, -0.05) is 47.5 Å². The molecule has 1 nitrogen and oxygen atoms in total. The Morgan fingerprint density at radius 2 is 1.82 bits per heavy atom. The first-order valence-electron chi connectivity index (χ1n) is 5.40. The van der Waals surface area contributed by atoms with Gasteiger partial charge in [0.1, 0.15) is 0 Å². The molecule has 0 atom stereocenters. The van der Waals surface area contributed by atoms with Crippen LogP contribution in [0.25, 0.3) is 0 Å². The van der Waals surface area contributed by atoms with E-state index in [9.17, 15) is 0 Å². The molecule has 0 radical (unpaired) electrons. The maximum Gasteiger partial charge on any atom is 0.0638 e. The fourth-order valence-corrected chi connectivity index (χ4v) is 1.99. The van der Waals surface area contributed by atoms with E-state index in [4.69, 9.17) is 23.2 Å². The number of halogens is 2. The Morgan fingerprint density at radius 3 is 2.59 bits per heavy atom. The molecule has 2 aromatic carbocycles. The number of nitrogens with one attached hydrogen (secondary N) is 1. The van der Waals surface area contributed by atoms with Crippen molar-refractivity contribution >= 4 is 28.9 Å². The van der Waals surface area contributed by atoms with E-state index in [0.29, 0.717) is 10.0 Å². The molecule has 0 bridgehead atoms. The SMILES string of the molecule is Cc1ccccc1CNc1cc(Cl)ccc1Cl. The molecule has 0 unspecified atom stereocenters. The van der Waals surface area contributed by atoms with E-state index in [1.54, 1.807) is 12.1 Å². The lowest BCUT2D eigenvalue weighted by Gasteiger charge is -2.10. The molecule has 0 aliphatic rings. The van der Waals surface area contributed by atoms with Gasteiger partial charge in [0.15, 0.2) is 0 Å². The molecule has 17 heavy (non-hydrogen) atoms. The summed E-state index contributed by atoms with van der Waals surface area (Å²) in [7, 11) is 0. The number of aryl methyl sites for hydroxylation is 1. The standard InChI is InChI=1S/C14H13Cl2N/c1-10-4-2-3-5-11(10)9-17-14-8-12(15)6-7-13(14)16/h2-8,17H,9H2,1H3. The van der Waals surface area contributed by atoms with E-state index in [-0.39, 0.29) is 0 Å². The summed E-state index contributed by atoms with van der Waals surface area (Å²) in [4.78, 5) is 0. The topological polar surface area (TPSA) is 12.0 Å². The highest BCUT2D eigenvalue weighted by Gasteiger charge is 2.02. The molecule has 0 fully saturated rings. The smallest absolute Gasteiger partial charge is 0.0638 e. The van der Waals surface area contributed by atoms with Crippen LogP contribution in [0.2, 0.25) is 10.0 Å². The minimum Gasteiger partial charge on any atom is -0.380 e. The van der Waals surface area contributed by atoms with Crippen LogP contribution in [0.4, 0.5) is 5.69 Å². The molecule has 0 aromatic heterocycles. The van der Waals surface area contributed by atoms with Gasteiger partial charge in [0.2, 0.25) is 0 Å². The molecule has 0 saturated carbocycles. The molecule has 0 spiro atoms. The molecule has 1 N–H and O–H groups in total. The highest BCUT2D eigenvalue weighted by molar-refractivity contribution is 6.35. The fraction of sp³-hybridized carbons (Fsp3) is 0.143. The maximum absolute atomic E-state index is 6.08. The lowest BCUT2D eigenvalue weighted by Crippen LogP contribution is -2.01. The predicted molar refractivity (Wildman–Crippen MR) is 75.0 cm³/mol. The van der Waals surface area contributed by atoms with Gasteiger partial charge in [-0.2, -0.15) is 0 Å². The minimum absolute atomic E-state index is 0.682. The molecule has 0 heterocycles. The van der Waals surface area contributed by atoms with Gasteiger partial charge in [0, 0.05) is 11.6 Å². The van der Waals surface area contributed by atoms with E-state index in [1.165, 1.54) is 11.1 Å². The average molecular weight is 266 g/mol. The van der Waals surface area contributed by atoms with Gasteiger partial charge in [0.05, 0.1) is 10.7 Å². The van der Waals surface area contributed by atoms with Crippen LogP contribution >= 0.6 is 23.2 Å². The molecule has 2 rings (SSSR count). The molecular formula is C14H13Cl2N. The summed E-state index contributed by atoms with van der Waals surface area (Å²) in [6.45, 7) is 2.84. The van der Waals surface area contributed by atoms with Crippen LogP contribution in [0.1, 0.15) is 11.1 Å². The lowest BCUT2D eigenvalue weighted by atomic mass is 10.1. The highest BCUT2D eigenvalue weighted by atomic mass is 35.5. The monoisotopic (exact) mass is 265 g/mol. The van der Waals surface area contributed by atoms with Gasteiger partial charge in [0.25, 0.3) is 0 Å². The Balaban J connectivity index is 2.12. The summed E-state index contributed by atoms with van der Waals surface area (Å²) in [5.41, 5.74) is 3.38. The van der Waals surface area contributed by atoms with Crippen molar-refractivity contribution < 1.29 is 0 Å². The van der Waals surface area contributed by atoms with E-state index in [1.807, 2.05) is 18.2 Å². The summed E-state index contributed by atoms with van der Waals surface area (Å²) in [6, 6.07) is 13.7. The number of hydrogen-bond acceptors (Lipinski definition) is 1. The van der Waals surface area contributed by atoms with Crippen LogP contribution in [0.15, 0.2) is 42.5 Å². The zero-order valence-electron chi connectivity index (χ0n) is 9.50. The molecule has 0 aliphatic heterocycles. The Kier molecular flexibility index (Phi) is 3.93. The quantitative estimate of drug-likeness (QED) is 0.831. The summed E-state index contributed by atoms with van der Waals surface area (Å²) in [5, 5.41) is 4.66. The van der Waals surface area contributed by atoms with Crippen molar-refractivity contribution in [1.82, 2.24) is 0 Å². The van der Waals surface area contributed by atoms with Crippen molar-refractivity contribution in [3.63, 3.8) is 0 Å². The molecule has 3 heteroatoms. The lowest BCUT2D eigenvalue weighted by molar-refractivity contribution is 1.12. The molecule has 88 valence electrons. The maximum atomic E-state index is 6.08. The van der Waals surface area contributed by atoms with Gasteiger partial charge >= 0.3 is 0 Å². The number of hydrogen-bond donors (Lipinski definition) is 1. The number of benzene rings is 2. The molecular weight excluding hydrogens is 253 g/mol. The van der Waals surface area contributed by atoms with Crippen LogP contribution in [-0.4, -0.2) is 0 Å². The normalized spacial score (nSPS) is 10.3. The number of anilines is 1. The zero-order valence-corrected chi connectivity index (χ0v) is 11.0. The largest absolute Gasteiger partial charge is 0.380 e. The van der Waals surface area contributed by atoms with E-state index < -0.39 is 0 Å². The Labute approximate surface area is 111 Å². The summed E-state index contributed by atoms with van der Waals surface area (Å²) in [5.74, 6) is 0. The van der Waals surface area contributed by atoms with Gasteiger partial charge in [-0.25, -0.2) is 0 Å². The van der Waals surface area contributed by atoms with Crippen molar-refractivity contribution in [3.05, 3.63) is 63.6 Å². The van der Waals surface area contributed by atoms with Gasteiger partial charge in [-0.15, -0.1) is 0 Å². The van der Waals surface area contributed by atoms with E-state index >= 15 is 0 Å². The second-order valence-corrected chi connectivity index (χ2v) is 4.75. The molecule has 0 amide bonds. The van der Waals surface area contributed by atoms with Gasteiger partial charge in [-0.3, -0.25) is 0 Å². The fourth-order valence-electron chi connectivity index (χ4n) is 1.63. The molecule has 0 saturated heterocycles. The van der Waals surface area contributed by atoms with Crippen LogP contribution < -0.4 is 5.32 Å². The predicted octanol–water partition coefficient (Wildman–Crippen LogP) is 4.91. The van der Waals surface area contributed by atoms with Crippen LogP contribution in [0.3, 0.4) is 0 Å². The van der Waals surface area contributed by atoms with E-state index in [0.717, 1.165) is 12.2 Å². The molecule has 0 aliphatic carbocycles. The third-order valence-electron chi connectivity index (χ3n) is 2.66. The minimum atomic E-state index is 0.682. The average Bonchev–Trinajstić information content (AvgIpc) is 2.32. The second kappa shape index (κ2) is 5.44. The third kappa shape index (κ3) is 3.15. The molecule has 2 aromatic rings. The Bertz CT molecular complexity index is 523. The summed E-state index contributed by atoms with van der Waals surface area (Å²) in [6.07, 6.45) is 0. The van der Waals surface area contributed by atoms with Crippen molar-refractivity contribution in [2.75, 3.05) is 5.32 Å². The first-order chi connectivity index (χ1) is 8.16. The summed E-state index contributed by atoms with van der Waals surface area (Å²) < 4.78 is 0. The van der Waals surface area contributed by atoms with Crippen molar-refractivity contribution in [2.45, 2.75) is 13.5 Å². The first-order valence-corrected chi connectivity index (χ1v) is 6.16. The second-order valence-electron chi connectivity index (χ2n) is 3.90. The van der Waals surface area contributed by atoms with Crippen LogP contribution in [-0.2, 0) is 6.54 Å². The van der Waals surface area contributed by atoms with Gasteiger partial charge < -0.3 is 5.32 Å². The third-order valence-corrected chi connectivity index (χ3v) is 3.22. The van der Waals surface area contributed by atoms with Crippen molar-refractivity contribution in [3.8, 4) is 0 Å². The van der Waals surface area contributed by atoms with Crippen molar-refractivity contribution in [1.29, 1.82) is 0 Å². The van der Waals surface area contributed by atoms with Gasteiger partial charge in [-0.05, 0) is 36.2 Å². The van der Waals surface area contributed by atoms with Crippen LogP contribution in [0, 0.1) is 6.92 Å². The van der Waals surface area contributed by atoms with Crippen LogP contribution in [0.5, 0.6) is 0 Å². The highest BCUT2D eigenvalue weighted by Crippen LogP contribution is 2.26. The van der Waals surface area contributed by atoms with E-state index in [2.05, 4.69) is 24.4 Å². The number of rotatable bonds is 3. The first kappa shape index (κ1) is 12.3. The zero-order chi connectivity index (χ0) is 12.3.